The van der Waals surface area contributed by atoms with Crippen LogP contribution in [0, 0.1) is 0 Å². The summed E-state index contributed by atoms with van der Waals surface area (Å²) in [5.74, 6) is -0.104. The first-order valence-corrected chi connectivity index (χ1v) is 10.6. The molecule has 5 nitrogen and oxygen atoms in total. The first-order valence-electron chi connectivity index (χ1n) is 10.6. The second kappa shape index (κ2) is 13.5. The number of nitrogens with zero attached hydrogens (tertiary/aromatic N) is 2. The molecular weight excluding hydrogens is 364 g/mol. The maximum absolute atomic E-state index is 10.5. The van der Waals surface area contributed by atoms with E-state index in [-0.39, 0.29) is 6.42 Å². The molecule has 0 aliphatic rings. The minimum atomic E-state index is -0.806. The second-order valence-corrected chi connectivity index (χ2v) is 7.22. The molecule has 0 atom stereocenters. The van der Waals surface area contributed by atoms with Gasteiger partial charge in [0.1, 0.15) is 5.75 Å². The Morgan fingerprint density at radius 2 is 1.41 bits per heavy atom. The van der Waals surface area contributed by atoms with Gasteiger partial charge in [-0.1, -0.05) is 51.2 Å². The van der Waals surface area contributed by atoms with Crippen LogP contribution in [0.1, 0.15) is 63.9 Å². The molecule has 0 aliphatic heterocycles. The summed E-state index contributed by atoms with van der Waals surface area (Å²) in [4.78, 5) is 10.5. The number of azo groups is 1. The van der Waals surface area contributed by atoms with Crippen molar-refractivity contribution in [3.63, 3.8) is 0 Å². The molecule has 0 heterocycles. The standard InChI is InChI=1S/C24H32N2O3/c1-2-3-4-5-6-7-9-20-11-13-21(14-12-20)25-26-22-15-17-23(18-16-22)29-19-8-10-24(27)28/h11-18H,2-10,19H2,1H3,(H,27,28)/b26-25+. The number of rotatable bonds is 14. The molecule has 5 heteroatoms. The van der Waals surface area contributed by atoms with Crippen LogP contribution >= 0.6 is 0 Å². The number of ether oxygens (including phenoxy) is 1. The third-order valence-electron chi connectivity index (χ3n) is 4.68. The van der Waals surface area contributed by atoms with Crippen LogP contribution in [0.15, 0.2) is 58.8 Å². The number of hydrogen-bond donors (Lipinski definition) is 1. The Morgan fingerprint density at radius 3 is 2.03 bits per heavy atom. The van der Waals surface area contributed by atoms with E-state index in [0.29, 0.717) is 18.8 Å². The summed E-state index contributed by atoms with van der Waals surface area (Å²) in [5, 5.41) is 17.2. The summed E-state index contributed by atoms with van der Waals surface area (Å²) in [6, 6.07) is 15.6. The van der Waals surface area contributed by atoms with Gasteiger partial charge < -0.3 is 9.84 Å². The first-order chi connectivity index (χ1) is 14.2. The maximum Gasteiger partial charge on any atom is 0.303 e. The third kappa shape index (κ3) is 9.88. The molecule has 0 fully saturated rings. The van der Waals surface area contributed by atoms with Crippen LogP contribution in [0.25, 0.3) is 0 Å². The largest absolute Gasteiger partial charge is 0.494 e. The molecule has 0 unspecified atom stereocenters. The number of carbonyl (C=O) groups is 1. The Labute approximate surface area is 173 Å². The molecule has 1 N–H and O–H groups in total. The highest BCUT2D eigenvalue weighted by Gasteiger charge is 1.99. The molecule has 0 aromatic heterocycles. The summed E-state index contributed by atoms with van der Waals surface area (Å²) < 4.78 is 5.51. The van der Waals surface area contributed by atoms with Crippen molar-refractivity contribution in [1.82, 2.24) is 0 Å². The number of unbranched alkanes of at least 4 members (excludes halogenated alkanes) is 5. The fourth-order valence-electron chi connectivity index (χ4n) is 2.98. The molecular formula is C24H32N2O3. The van der Waals surface area contributed by atoms with Crippen LogP contribution in [0.3, 0.4) is 0 Å². The van der Waals surface area contributed by atoms with Gasteiger partial charge in [-0.25, -0.2) is 0 Å². The van der Waals surface area contributed by atoms with Gasteiger partial charge in [-0.2, -0.15) is 10.2 Å². The molecule has 0 bridgehead atoms. The molecule has 2 aromatic rings. The van der Waals surface area contributed by atoms with E-state index in [1.54, 1.807) is 0 Å². The van der Waals surface area contributed by atoms with E-state index in [0.717, 1.165) is 17.8 Å². The van der Waals surface area contributed by atoms with Gasteiger partial charge in [-0.15, -0.1) is 0 Å². The van der Waals surface area contributed by atoms with Crippen LogP contribution in [0.4, 0.5) is 11.4 Å². The summed E-state index contributed by atoms with van der Waals surface area (Å²) in [7, 11) is 0. The Morgan fingerprint density at radius 1 is 0.828 bits per heavy atom. The fraction of sp³-hybridized carbons (Fsp3) is 0.458. The highest BCUT2D eigenvalue weighted by atomic mass is 16.5. The van der Waals surface area contributed by atoms with E-state index < -0.39 is 5.97 Å². The van der Waals surface area contributed by atoms with Gasteiger partial charge in [0.05, 0.1) is 18.0 Å². The van der Waals surface area contributed by atoms with Gasteiger partial charge >= 0.3 is 5.97 Å². The monoisotopic (exact) mass is 396 g/mol. The van der Waals surface area contributed by atoms with Crippen molar-refractivity contribution >= 4 is 17.3 Å². The lowest BCUT2D eigenvalue weighted by atomic mass is 10.0. The zero-order valence-electron chi connectivity index (χ0n) is 17.3. The maximum atomic E-state index is 10.5. The zero-order chi connectivity index (χ0) is 20.7. The van der Waals surface area contributed by atoms with Crippen molar-refractivity contribution in [3.8, 4) is 5.75 Å². The fourth-order valence-corrected chi connectivity index (χ4v) is 2.98. The highest BCUT2D eigenvalue weighted by Crippen LogP contribution is 2.22. The number of aryl methyl sites for hydroxylation is 1. The average molecular weight is 397 g/mol. The molecule has 2 rings (SSSR count). The van der Waals surface area contributed by atoms with Gasteiger partial charge in [-0.3, -0.25) is 4.79 Å². The summed E-state index contributed by atoms with van der Waals surface area (Å²) >= 11 is 0. The van der Waals surface area contributed by atoms with E-state index in [9.17, 15) is 4.79 Å². The molecule has 0 saturated heterocycles. The van der Waals surface area contributed by atoms with Crippen LogP contribution in [0.2, 0.25) is 0 Å². The van der Waals surface area contributed by atoms with Crippen molar-refractivity contribution in [1.29, 1.82) is 0 Å². The van der Waals surface area contributed by atoms with Crippen LogP contribution in [-0.4, -0.2) is 17.7 Å². The Hall–Kier alpha value is -2.69. The van der Waals surface area contributed by atoms with Crippen LogP contribution in [0.5, 0.6) is 5.75 Å². The van der Waals surface area contributed by atoms with Crippen LogP contribution < -0.4 is 4.74 Å². The predicted molar refractivity (Wildman–Crippen MR) is 117 cm³/mol. The van der Waals surface area contributed by atoms with Gasteiger partial charge in [-0.05, 0) is 61.2 Å². The zero-order valence-corrected chi connectivity index (χ0v) is 17.3. The van der Waals surface area contributed by atoms with Gasteiger partial charge in [0.15, 0.2) is 0 Å². The molecule has 156 valence electrons. The van der Waals surface area contributed by atoms with Crippen molar-refractivity contribution in [2.75, 3.05) is 6.61 Å². The van der Waals surface area contributed by atoms with Crippen molar-refractivity contribution in [2.24, 2.45) is 10.2 Å². The molecule has 29 heavy (non-hydrogen) atoms. The van der Waals surface area contributed by atoms with E-state index in [1.165, 1.54) is 44.1 Å². The summed E-state index contributed by atoms with van der Waals surface area (Å²) in [5.41, 5.74) is 2.94. The van der Waals surface area contributed by atoms with Crippen molar-refractivity contribution in [3.05, 3.63) is 54.1 Å². The highest BCUT2D eigenvalue weighted by molar-refractivity contribution is 5.66. The number of benzene rings is 2. The van der Waals surface area contributed by atoms with E-state index in [2.05, 4.69) is 29.3 Å². The molecule has 0 amide bonds. The minimum Gasteiger partial charge on any atom is -0.494 e. The smallest absolute Gasteiger partial charge is 0.303 e. The molecule has 0 saturated carbocycles. The van der Waals surface area contributed by atoms with Gasteiger partial charge in [0.25, 0.3) is 0 Å². The Bertz CT molecular complexity index is 740. The predicted octanol–water partition coefficient (Wildman–Crippen LogP) is 7.25. The van der Waals surface area contributed by atoms with Gasteiger partial charge in [0.2, 0.25) is 0 Å². The molecule has 0 aliphatic carbocycles. The topological polar surface area (TPSA) is 71.2 Å². The quantitative estimate of drug-likeness (QED) is 0.270. The lowest BCUT2D eigenvalue weighted by molar-refractivity contribution is -0.137. The minimum absolute atomic E-state index is 0.115. The van der Waals surface area contributed by atoms with E-state index in [1.807, 2.05) is 36.4 Å². The first kappa shape index (κ1) is 22.6. The summed E-state index contributed by atoms with van der Waals surface area (Å²) in [6.45, 7) is 2.63. The molecule has 0 radical (unpaired) electrons. The number of carboxylic acids is 1. The number of carboxylic acid groups (broad SMARTS) is 1. The normalized spacial score (nSPS) is 11.1. The lowest BCUT2D eigenvalue weighted by Gasteiger charge is -2.05. The second-order valence-electron chi connectivity index (χ2n) is 7.22. The lowest BCUT2D eigenvalue weighted by Crippen LogP contribution is -2.01. The number of aliphatic carboxylic acids is 1. The third-order valence-corrected chi connectivity index (χ3v) is 4.68. The molecule has 2 aromatic carbocycles. The number of hydrogen-bond acceptors (Lipinski definition) is 4. The Kier molecular flexibility index (Phi) is 10.5. The van der Waals surface area contributed by atoms with Crippen molar-refractivity contribution in [2.45, 2.75) is 64.7 Å². The van der Waals surface area contributed by atoms with Crippen LogP contribution in [-0.2, 0) is 11.2 Å². The van der Waals surface area contributed by atoms with E-state index >= 15 is 0 Å². The summed E-state index contributed by atoms with van der Waals surface area (Å²) in [6.07, 6.45) is 9.62. The average Bonchev–Trinajstić information content (AvgIpc) is 2.74. The van der Waals surface area contributed by atoms with Crippen molar-refractivity contribution < 1.29 is 14.6 Å². The Balaban J connectivity index is 1.72. The SMILES string of the molecule is CCCCCCCCc1ccc(/N=N/c2ccc(OCCCC(=O)O)cc2)cc1. The van der Waals surface area contributed by atoms with E-state index in [4.69, 9.17) is 9.84 Å². The molecule has 0 spiro atoms. The van der Waals surface area contributed by atoms with Gasteiger partial charge in [0, 0.05) is 6.42 Å².